The van der Waals surface area contributed by atoms with E-state index in [0.717, 1.165) is 5.56 Å². The van der Waals surface area contributed by atoms with Crippen LogP contribution in [0.15, 0.2) is 16.6 Å². The van der Waals surface area contributed by atoms with E-state index in [-0.39, 0.29) is 30.8 Å². The van der Waals surface area contributed by atoms with Gasteiger partial charge in [-0.05, 0) is 40.0 Å². The number of halogens is 2. The Morgan fingerprint density at radius 2 is 2.12 bits per heavy atom. The first-order valence-electron chi connectivity index (χ1n) is 4.53. The van der Waals surface area contributed by atoms with E-state index >= 15 is 0 Å². The Morgan fingerprint density at radius 3 is 2.62 bits per heavy atom. The molecule has 92 valence electrons. The maximum Gasteiger partial charge on any atom is 0.172 e. The molecule has 0 spiro atoms. The van der Waals surface area contributed by atoms with Crippen molar-refractivity contribution in [2.45, 2.75) is 12.5 Å². The number of hydrogen-bond donors (Lipinski definition) is 3. The minimum absolute atomic E-state index is 0. The van der Waals surface area contributed by atoms with E-state index in [1.54, 1.807) is 12.1 Å². The van der Waals surface area contributed by atoms with Crippen LogP contribution in [0.5, 0.6) is 11.5 Å². The van der Waals surface area contributed by atoms with Crippen molar-refractivity contribution in [2.24, 2.45) is 5.73 Å². The fourth-order valence-corrected chi connectivity index (χ4v) is 1.73. The molecular formula is C10H15BrClNO3. The topological polar surface area (TPSA) is 75.7 Å². The molecule has 1 rings (SSSR count). The highest BCUT2D eigenvalue weighted by atomic mass is 79.9. The lowest BCUT2D eigenvalue weighted by atomic mass is 10.0. The first kappa shape index (κ1) is 15.5. The highest BCUT2D eigenvalue weighted by molar-refractivity contribution is 9.10. The summed E-state index contributed by atoms with van der Waals surface area (Å²) in [4.78, 5) is 0. The minimum atomic E-state index is -0.263. The minimum Gasteiger partial charge on any atom is -0.503 e. The summed E-state index contributed by atoms with van der Waals surface area (Å²) >= 11 is 3.21. The molecule has 0 unspecified atom stereocenters. The predicted molar refractivity (Wildman–Crippen MR) is 68.2 cm³/mol. The van der Waals surface area contributed by atoms with Crippen molar-refractivity contribution in [3.05, 3.63) is 22.2 Å². The van der Waals surface area contributed by atoms with Crippen LogP contribution in [0.25, 0.3) is 0 Å². The molecule has 1 aromatic rings. The number of rotatable bonds is 4. The van der Waals surface area contributed by atoms with Gasteiger partial charge < -0.3 is 20.7 Å². The fourth-order valence-electron chi connectivity index (χ4n) is 1.27. The monoisotopic (exact) mass is 311 g/mol. The van der Waals surface area contributed by atoms with E-state index in [1.165, 1.54) is 7.11 Å². The molecule has 1 aromatic carbocycles. The average molecular weight is 313 g/mol. The van der Waals surface area contributed by atoms with Gasteiger partial charge in [0.1, 0.15) is 0 Å². The van der Waals surface area contributed by atoms with Crippen molar-refractivity contribution in [3.8, 4) is 11.5 Å². The standard InChI is InChI=1S/C10H14BrNO3.ClH/c1-15-9-5-6(8(12)2-3-13)4-7(11)10(9)14;/h4-5,8,13-14H,2-3,12H2,1H3;1H/t8-;/m0./s1. The SMILES string of the molecule is COc1cc([C@@H](N)CCO)cc(Br)c1O.Cl. The van der Waals surface area contributed by atoms with Gasteiger partial charge in [-0.15, -0.1) is 12.4 Å². The van der Waals surface area contributed by atoms with Crippen molar-refractivity contribution in [3.63, 3.8) is 0 Å². The van der Waals surface area contributed by atoms with Gasteiger partial charge in [-0.25, -0.2) is 0 Å². The fraction of sp³-hybridized carbons (Fsp3) is 0.400. The van der Waals surface area contributed by atoms with Crippen LogP contribution < -0.4 is 10.5 Å². The largest absolute Gasteiger partial charge is 0.503 e. The highest BCUT2D eigenvalue weighted by Gasteiger charge is 2.12. The number of hydrogen-bond acceptors (Lipinski definition) is 4. The number of nitrogens with two attached hydrogens (primary N) is 1. The van der Waals surface area contributed by atoms with Crippen LogP contribution in [0.4, 0.5) is 0 Å². The quantitative estimate of drug-likeness (QED) is 0.794. The summed E-state index contributed by atoms with van der Waals surface area (Å²) in [6, 6.07) is 3.12. The number of aromatic hydroxyl groups is 1. The van der Waals surface area contributed by atoms with Crippen molar-refractivity contribution in [1.82, 2.24) is 0 Å². The highest BCUT2D eigenvalue weighted by Crippen LogP contribution is 2.36. The molecule has 0 aliphatic carbocycles. The zero-order chi connectivity index (χ0) is 11.4. The third kappa shape index (κ3) is 3.52. The van der Waals surface area contributed by atoms with Gasteiger partial charge in [-0.2, -0.15) is 0 Å². The second-order valence-corrected chi connectivity index (χ2v) is 4.03. The Labute approximate surface area is 109 Å². The maximum absolute atomic E-state index is 9.57. The van der Waals surface area contributed by atoms with Gasteiger partial charge in [-0.1, -0.05) is 0 Å². The molecule has 0 radical (unpaired) electrons. The van der Waals surface area contributed by atoms with Crippen molar-refractivity contribution >= 4 is 28.3 Å². The van der Waals surface area contributed by atoms with Gasteiger partial charge in [0.2, 0.25) is 0 Å². The molecule has 0 saturated heterocycles. The van der Waals surface area contributed by atoms with Gasteiger partial charge in [0.15, 0.2) is 11.5 Å². The number of phenols is 1. The Hall–Kier alpha value is -0.490. The number of aliphatic hydroxyl groups is 1. The summed E-state index contributed by atoms with van der Waals surface area (Å²) in [5.41, 5.74) is 6.64. The van der Waals surface area contributed by atoms with Crippen molar-refractivity contribution in [1.29, 1.82) is 0 Å². The Morgan fingerprint density at radius 1 is 1.50 bits per heavy atom. The Balaban J connectivity index is 0.00000225. The van der Waals surface area contributed by atoms with E-state index in [0.29, 0.717) is 16.6 Å². The van der Waals surface area contributed by atoms with E-state index < -0.39 is 0 Å². The van der Waals surface area contributed by atoms with Gasteiger partial charge >= 0.3 is 0 Å². The lowest BCUT2D eigenvalue weighted by molar-refractivity contribution is 0.276. The lowest BCUT2D eigenvalue weighted by Crippen LogP contribution is -2.12. The van der Waals surface area contributed by atoms with E-state index in [1.807, 2.05) is 0 Å². The molecule has 0 aliphatic rings. The summed E-state index contributed by atoms with van der Waals surface area (Å²) < 4.78 is 5.53. The summed E-state index contributed by atoms with van der Waals surface area (Å²) in [6.07, 6.45) is 0.473. The molecule has 0 saturated carbocycles. The number of methoxy groups -OCH3 is 1. The van der Waals surface area contributed by atoms with Crippen LogP contribution in [-0.2, 0) is 0 Å². The van der Waals surface area contributed by atoms with Crippen LogP contribution in [0.1, 0.15) is 18.0 Å². The van der Waals surface area contributed by atoms with Crippen molar-refractivity contribution < 1.29 is 14.9 Å². The van der Waals surface area contributed by atoms with Crippen LogP contribution in [0.2, 0.25) is 0 Å². The smallest absolute Gasteiger partial charge is 0.172 e. The van der Waals surface area contributed by atoms with Gasteiger partial charge in [0, 0.05) is 12.6 Å². The zero-order valence-electron chi connectivity index (χ0n) is 8.81. The zero-order valence-corrected chi connectivity index (χ0v) is 11.2. The van der Waals surface area contributed by atoms with Crippen LogP contribution in [0.3, 0.4) is 0 Å². The third-order valence-corrected chi connectivity index (χ3v) is 2.74. The molecule has 0 aliphatic heterocycles. The second kappa shape index (κ2) is 6.96. The van der Waals surface area contributed by atoms with Crippen LogP contribution in [-0.4, -0.2) is 23.9 Å². The lowest BCUT2D eigenvalue weighted by Gasteiger charge is -2.13. The summed E-state index contributed by atoms with van der Waals surface area (Å²) in [5.74, 6) is 0.421. The van der Waals surface area contributed by atoms with Crippen LogP contribution in [0, 0.1) is 0 Å². The van der Waals surface area contributed by atoms with Crippen LogP contribution >= 0.6 is 28.3 Å². The molecule has 0 bridgehead atoms. The second-order valence-electron chi connectivity index (χ2n) is 3.17. The third-order valence-electron chi connectivity index (χ3n) is 2.14. The molecule has 1 atom stereocenters. The van der Waals surface area contributed by atoms with Gasteiger partial charge in [0.05, 0.1) is 11.6 Å². The number of benzene rings is 1. The molecule has 6 heteroatoms. The molecule has 0 fully saturated rings. The predicted octanol–water partition coefficient (Wildman–Crippen LogP) is 1.97. The number of phenolic OH excluding ortho intramolecular Hbond substituents is 1. The van der Waals surface area contributed by atoms with Gasteiger partial charge in [-0.3, -0.25) is 0 Å². The summed E-state index contributed by atoms with van der Waals surface area (Å²) in [7, 11) is 1.48. The summed E-state index contributed by atoms with van der Waals surface area (Å²) in [6.45, 7) is 0.0297. The van der Waals surface area contributed by atoms with E-state index in [4.69, 9.17) is 15.6 Å². The molecular weight excluding hydrogens is 297 g/mol. The molecule has 0 amide bonds. The summed E-state index contributed by atoms with van der Waals surface area (Å²) in [5, 5.41) is 18.3. The molecule has 4 N–H and O–H groups in total. The van der Waals surface area contributed by atoms with Gasteiger partial charge in [0.25, 0.3) is 0 Å². The normalized spacial score (nSPS) is 11.8. The Bertz CT molecular complexity index is 349. The molecule has 0 aromatic heterocycles. The first-order valence-corrected chi connectivity index (χ1v) is 5.32. The average Bonchev–Trinajstić information content (AvgIpc) is 2.22. The number of ether oxygens (including phenoxy) is 1. The molecule has 4 nitrogen and oxygen atoms in total. The van der Waals surface area contributed by atoms with Crippen molar-refractivity contribution in [2.75, 3.05) is 13.7 Å². The van der Waals surface area contributed by atoms with E-state index in [9.17, 15) is 5.11 Å². The first-order chi connectivity index (χ1) is 7.10. The van der Waals surface area contributed by atoms with E-state index in [2.05, 4.69) is 15.9 Å². The maximum atomic E-state index is 9.57. The number of aliphatic hydroxyl groups excluding tert-OH is 1. The molecule has 0 heterocycles. The Kier molecular flexibility index (Phi) is 6.74. The molecule has 16 heavy (non-hydrogen) atoms.